The number of aromatic nitrogens is 3. The zero-order valence-corrected chi connectivity index (χ0v) is 13.4. The Morgan fingerprint density at radius 3 is 2.74 bits per heavy atom. The molecular weight excluding hydrogens is 306 g/mol. The first-order valence-electron chi connectivity index (χ1n) is 7.75. The fourth-order valence-electron chi connectivity index (χ4n) is 2.67. The molecule has 23 heavy (non-hydrogen) atoms. The van der Waals surface area contributed by atoms with Crippen LogP contribution in [0.4, 0.5) is 0 Å². The van der Waals surface area contributed by atoms with Crippen molar-refractivity contribution in [1.29, 1.82) is 0 Å². The highest BCUT2D eigenvalue weighted by atomic mass is 32.2. The van der Waals surface area contributed by atoms with E-state index in [1.54, 1.807) is 6.20 Å². The van der Waals surface area contributed by atoms with E-state index in [0.29, 0.717) is 17.5 Å². The molecule has 0 amide bonds. The van der Waals surface area contributed by atoms with Gasteiger partial charge in [-0.2, -0.15) is 0 Å². The van der Waals surface area contributed by atoms with E-state index in [1.165, 1.54) is 30.2 Å². The molecular formula is C18H17N3OS. The zero-order chi connectivity index (χ0) is 15.6. The first-order valence-corrected chi connectivity index (χ1v) is 8.73. The number of imidazole rings is 1. The molecule has 0 unspecified atom stereocenters. The van der Waals surface area contributed by atoms with Crippen molar-refractivity contribution in [2.24, 2.45) is 0 Å². The summed E-state index contributed by atoms with van der Waals surface area (Å²) in [5.41, 5.74) is 2.97. The normalized spacial score (nSPS) is 14.1. The van der Waals surface area contributed by atoms with Gasteiger partial charge >= 0.3 is 0 Å². The molecule has 3 aromatic rings. The van der Waals surface area contributed by atoms with Crippen molar-refractivity contribution >= 4 is 17.5 Å². The lowest BCUT2D eigenvalue weighted by molar-refractivity contribution is 0.101. The predicted molar refractivity (Wildman–Crippen MR) is 91.8 cm³/mol. The van der Waals surface area contributed by atoms with Crippen LogP contribution in [0.25, 0.3) is 11.3 Å². The summed E-state index contributed by atoms with van der Waals surface area (Å²) in [4.78, 5) is 19.7. The number of thioether (sulfide) groups is 1. The van der Waals surface area contributed by atoms with Gasteiger partial charge in [0.05, 0.1) is 23.3 Å². The number of Topliss-reactive ketones (excluding diaryl/α,β-unsaturated/α-hetero) is 1. The highest BCUT2D eigenvalue weighted by molar-refractivity contribution is 7.99. The largest absolute Gasteiger partial charge is 0.359 e. The third-order valence-corrected chi connectivity index (χ3v) is 4.94. The number of H-pyrrole nitrogens is 1. The van der Waals surface area contributed by atoms with Crippen LogP contribution in [0.5, 0.6) is 0 Å². The lowest BCUT2D eigenvalue weighted by atomic mass is 10.2. The number of rotatable bonds is 6. The zero-order valence-electron chi connectivity index (χ0n) is 12.6. The summed E-state index contributed by atoms with van der Waals surface area (Å²) in [6.07, 6.45) is 6.08. The van der Waals surface area contributed by atoms with Gasteiger partial charge < -0.3 is 9.55 Å². The van der Waals surface area contributed by atoms with Gasteiger partial charge in [0.2, 0.25) is 0 Å². The Bertz CT molecular complexity index is 804. The molecule has 0 spiro atoms. The Hall–Kier alpha value is -2.27. The molecule has 1 aliphatic carbocycles. The Balaban J connectivity index is 1.57. The second-order valence-electron chi connectivity index (χ2n) is 5.69. The van der Waals surface area contributed by atoms with Gasteiger partial charge in [-0.05, 0) is 30.5 Å². The molecule has 2 heterocycles. The van der Waals surface area contributed by atoms with Crippen molar-refractivity contribution < 1.29 is 4.79 Å². The maximum atomic E-state index is 12.2. The molecule has 1 aromatic carbocycles. The van der Waals surface area contributed by atoms with E-state index in [0.717, 1.165) is 10.9 Å². The Morgan fingerprint density at radius 2 is 2.04 bits per heavy atom. The van der Waals surface area contributed by atoms with E-state index in [4.69, 9.17) is 0 Å². The Kier molecular flexibility index (Phi) is 3.79. The fourth-order valence-corrected chi connectivity index (χ4v) is 3.60. The molecule has 2 aromatic heterocycles. The number of nitrogens with one attached hydrogen (secondary N) is 1. The van der Waals surface area contributed by atoms with Crippen molar-refractivity contribution in [3.63, 3.8) is 0 Å². The summed E-state index contributed by atoms with van der Waals surface area (Å²) in [6, 6.07) is 14.5. The average molecular weight is 323 g/mol. The van der Waals surface area contributed by atoms with E-state index in [-0.39, 0.29) is 5.78 Å². The minimum absolute atomic E-state index is 0.103. The predicted octanol–water partition coefficient (Wildman–Crippen LogP) is 4.19. The molecule has 0 saturated heterocycles. The minimum Gasteiger partial charge on any atom is -0.359 e. The second-order valence-corrected chi connectivity index (χ2v) is 6.63. The van der Waals surface area contributed by atoms with Crippen LogP contribution in [0, 0.1) is 0 Å². The van der Waals surface area contributed by atoms with E-state index < -0.39 is 0 Å². The molecule has 1 fully saturated rings. The van der Waals surface area contributed by atoms with E-state index in [9.17, 15) is 4.79 Å². The lowest BCUT2D eigenvalue weighted by Crippen LogP contribution is -2.05. The maximum Gasteiger partial charge on any atom is 0.189 e. The van der Waals surface area contributed by atoms with Gasteiger partial charge in [-0.1, -0.05) is 42.1 Å². The number of hydrogen-bond donors (Lipinski definition) is 1. The van der Waals surface area contributed by atoms with Crippen molar-refractivity contribution in [3.05, 3.63) is 60.6 Å². The number of carbonyl (C=O) groups excluding carboxylic acids is 1. The number of carbonyl (C=O) groups is 1. The number of nitrogens with zero attached hydrogens (tertiary/aromatic N) is 2. The molecule has 0 bridgehead atoms. The first kappa shape index (κ1) is 14.3. The number of hydrogen-bond acceptors (Lipinski definition) is 3. The topological polar surface area (TPSA) is 50.7 Å². The van der Waals surface area contributed by atoms with Crippen molar-refractivity contribution in [1.82, 2.24) is 14.5 Å². The van der Waals surface area contributed by atoms with Crippen LogP contribution >= 0.6 is 11.8 Å². The molecule has 0 radical (unpaired) electrons. The van der Waals surface area contributed by atoms with Crippen molar-refractivity contribution in [2.45, 2.75) is 24.0 Å². The smallest absolute Gasteiger partial charge is 0.189 e. The van der Waals surface area contributed by atoms with Gasteiger partial charge in [-0.3, -0.25) is 4.79 Å². The van der Waals surface area contributed by atoms with Crippen LogP contribution in [0.3, 0.4) is 0 Å². The molecule has 116 valence electrons. The Labute approximate surface area is 138 Å². The van der Waals surface area contributed by atoms with Gasteiger partial charge in [0.1, 0.15) is 0 Å². The summed E-state index contributed by atoms with van der Waals surface area (Å²) >= 11 is 1.52. The third-order valence-electron chi connectivity index (χ3n) is 3.98. The van der Waals surface area contributed by atoms with Crippen molar-refractivity contribution in [3.8, 4) is 11.3 Å². The molecule has 1 N–H and O–H groups in total. The van der Waals surface area contributed by atoms with Crippen LogP contribution in [-0.4, -0.2) is 26.1 Å². The third kappa shape index (κ3) is 2.97. The SMILES string of the molecule is O=C(CSc1ncc(-c2ccccc2)n1C1CC1)c1ccc[nH]1. The van der Waals surface area contributed by atoms with Crippen LogP contribution < -0.4 is 0 Å². The van der Waals surface area contributed by atoms with Gasteiger partial charge in [0, 0.05) is 12.2 Å². The first-order chi connectivity index (χ1) is 11.3. The van der Waals surface area contributed by atoms with Crippen LogP contribution in [-0.2, 0) is 0 Å². The van der Waals surface area contributed by atoms with Gasteiger partial charge in [0.25, 0.3) is 0 Å². The number of aromatic amines is 1. The molecule has 0 aliphatic heterocycles. The monoisotopic (exact) mass is 323 g/mol. The molecule has 1 saturated carbocycles. The highest BCUT2D eigenvalue weighted by Crippen LogP contribution is 2.41. The van der Waals surface area contributed by atoms with Gasteiger partial charge in [-0.15, -0.1) is 0 Å². The quantitative estimate of drug-likeness (QED) is 0.547. The minimum atomic E-state index is 0.103. The molecule has 4 rings (SSSR count). The lowest BCUT2D eigenvalue weighted by Gasteiger charge is -2.10. The summed E-state index contributed by atoms with van der Waals surface area (Å²) in [7, 11) is 0. The molecule has 0 atom stereocenters. The maximum absolute atomic E-state index is 12.2. The number of benzene rings is 1. The van der Waals surface area contributed by atoms with Crippen LogP contribution in [0.1, 0.15) is 29.4 Å². The summed E-state index contributed by atoms with van der Waals surface area (Å²) in [6.45, 7) is 0. The molecule has 4 nitrogen and oxygen atoms in total. The second kappa shape index (κ2) is 6.08. The van der Waals surface area contributed by atoms with E-state index in [1.807, 2.05) is 36.5 Å². The number of ketones is 1. The van der Waals surface area contributed by atoms with Crippen LogP contribution in [0.2, 0.25) is 0 Å². The van der Waals surface area contributed by atoms with E-state index >= 15 is 0 Å². The molecule has 5 heteroatoms. The fraction of sp³-hybridized carbons (Fsp3) is 0.222. The average Bonchev–Trinajstić information content (AvgIpc) is 3.12. The summed E-state index contributed by atoms with van der Waals surface area (Å²) in [5.74, 6) is 0.505. The van der Waals surface area contributed by atoms with Crippen LogP contribution in [0.15, 0.2) is 60.0 Å². The van der Waals surface area contributed by atoms with Gasteiger partial charge in [0.15, 0.2) is 10.9 Å². The highest BCUT2D eigenvalue weighted by Gasteiger charge is 2.29. The summed E-state index contributed by atoms with van der Waals surface area (Å²) < 4.78 is 2.29. The van der Waals surface area contributed by atoms with E-state index in [2.05, 4.69) is 26.7 Å². The standard InChI is InChI=1S/C18H17N3OS/c22-17(15-7-4-10-19-15)12-23-18-20-11-16(21(18)14-8-9-14)13-5-2-1-3-6-13/h1-7,10-11,14,19H,8-9,12H2. The molecule has 1 aliphatic rings. The summed E-state index contributed by atoms with van der Waals surface area (Å²) in [5, 5.41) is 0.936. The van der Waals surface area contributed by atoms with Gasteiger partial charge in [-0.25, -0.2) is 4.98 Å². The Morgan fingerprint density at radius 1 is 1.22 bits per heavy atom. The van der Waals surface area contributed by atoms with Crippen molar-refractivity contribution in [2.75, 3.05) is 5.75 Å².